The van der Waals surface area contributed by atoms with Crippen LogP contribution in [0.25, 0.3) is 0 Å². The zero-order valence-corrected chi connectivity index (χ0v) is 20.7. The van der Waals surface area contributed by atoms with Crippen molar-refractivity contribution >= 4 is 34.6 Å². The van der Waals surface area contributed by atoms with Crippen molar-refractivity contribution in [3.8, 4) is 0 Å². The van der Waals surface area contributed by atoms with Gasteiger partial charge in [0, 0.05) is 47.2 Å². The first-order valence-electron chi connectivity index (χ1n) is 12.0. The Bertz CT molecular complexity index is 1390. The van der Waals surface area contributed by atoms with Crippen molar-refractivity contribution < 1.29 is 24.7 Å². The summed E-state index contributed by atoms with van der Waals surface area (Å²) < 4.78 is 0. The minimum absolute atomic E-state index is 0.0831. The molecule has 10 heteroatoms. The van der Waals surface area contributed by atoms with Gasteiger partial charge in [-0.05, 0) is 54.4 Å². The normalized spacial score (nSPS) is 17.4. The van der Waals surface area contributed by atoms with Crippen LogP contribution in [-0.4, -0.2) is 33.6 Å². The lowest BCUT2D eigenvalue weighted by Crippen LogP contribution is -2.44. The largest absolute Gasteiger partial charge is 0.399 e. The van der Waals surface area contributed by atoms with Gasteiger partial charge in [-0.3, -0.25) is 19.7 Å². The number of fused-ring (bicyclic) bond motifs is 1. The van der Waals surface area contributed by atoms with Gasteiger partial charge in [0.15, 0.2) is 5.60 Å². The van der Waals surface area contributed by atoms with E-state index in [2.05, 4.69) is 5.32 Å². The van der Waals surface area contributed by atoms with Gasteiger partial charge in [0.1, 0.15) is 0 Å². The van der Waals surface area contributed by atoms with Crippen molar-refractivity contribution in [1.29, 1.82) is 0 Å². The number of nitrogen functional groups attached to an aromatic ring is 1. The molecular weight excluding hydrogens is 488 g/mol. The second-order valence-corrected chi connectivity index (χ2v) is 9.12. The molecule has 0 aromatic heterocycles. The topological polar surface area (TPSA) is 159 Å². The molecule has 5 N–H and O–H groups in total. The maximum atomic E-state index is 13.6. The van der Waals surface area contributed by atoms with Crippen molar-refractivity contribution in [2.75, 3.05) is 22.6 Å². The van der Waals surface area contributed by atoms with Gasteiger partial charge in [0.2, 0.25) is 0 Å². The van der Waals surface area contributed by atoms with Gasteiger partial charge in [-0.1, -0.05) is 31.2 Å². The Morgan fingerprint density at radius 2 is 1.84 bits per heavy atom. The molecule has 3 aromatic rings. The lowest BCUT2D eigenvalue weighted by Gasteiger charge is -2.27. The van der Waals surface area contributed by atoms with Crippen molar-refractivity contribution in [1.82, 2.24) is 0 Å². The summed E-state index contributed by atoms with van der Waals surface area (Å²) in [6, 6.07) is 17.4. The molecule has 2 amide bonds. The summed E-state index contributed by atoms with van der Waals surface area (Å²) in [4.78, 5) is 38.3. The average molecular weight is 517 g/mol. The van der Waals surface area contributed by atoms with Crippen LogP contribution in [-0.2, 0) is 16.9 Å². The zero-order chi connectivity index (χ0) is 27.4. The molecule has 1 aliphatic heterocycles. The number of rotatable bonds is 9. The van der Waals surface area contributed by atoms with Crippen LogP contribution in [0.4, 0.5) is 22.7 Å². The molecule has 4 rings (SSSR count). The van der Waals surface area contributed by atoms with Crippen molar-refractivity contribution in [3.63, 3.8) is 0 Å². The Hall–Kier alpha value is -4.54. The van der Waals surface area contributed by atoms with E-state index >= 15 is 0 Å². The number of benzene rings is 3. The molecule has 3 aromatic carbocycles. The van der Waals surface area contributed by atoms with Gasteiger partial charge >= 0.3 is 0 Å². The Labute approximate surface area is 219 Å². The van der Waals surface area contributed by atoms with E-state index in [1.54, 1.807) is 67.6 Å². The molecule has 10 nitrogen and oxygen atoms in total. The standard InChI is InChI=1S/C28H28N4O6/c1-18(4-2-3-15-33)28(36)24-16-23(32(37)38)13-14-25(24)31(27(28)35)17-19-5-11-22(12-6-19)30-26(34)20-7-9-21(29)10-8-20/h2,4-14,16,18,33,36H,3,15,17,29H2,1H3,(H,30,34)/b4-2+/t18-,28+/m0/s1. The monoisotopic (exact) mass is 516 g/mol. The van der Waals surface area contributed by atoms with Crippen LogP contribution in [0.3, 0.4) is 0 Å². The number of carbonyl (C=O) groups excluding carboxylic acids is 2. The van der Waals surface area contributed by atoms with E-state index in [4.69, 9.17) is 10.8 Å². The maximum Gasteiger partial charge on any atom is 0.269 e. The fraction of sp³-hybridized carbons (Fsp3) is 0.214. The number of nitrogens with one attached hydrogen (secondary N) is 1. The maximum absolute atomic E-state index is 13.6. The fourth-order valence-corrected chi connectivity index (χ4v) is 4.43. The number of anilines is 3. The van der Waals surface area contributed by atoms with E-state index in [0.29, 0.717) is 29.0 Å². The number of aliphatic hydroxyl groups is 2. The number of non-ortho nitro benzene ring substituents is 1. The highest BCUT2D eigenvalue weighted by Gasteiger charge is 2.53. The predicted molar refractivity (Wildman–Crippen MR) is 143 cm³/mol. The third kappa shape index (κ3) is 5.13. The van der Waals surface area contributed by atoms with Crippen molar-refractivity contribution in [2.45, 2.75) is 25.5 Å². The summed E-state index contributed by atoms with van der Waals surface area (Å²) in [5, 5.41) is 34.9. The Morgan fingerprint density at radius 3 is 2.47 bits per heavy atom. The van der Waals surface area contributed by atoms with E-state index in [0.717, 1.165) is 5.56 Å². The number of aliphatic hydroxyl groups excluding tert-OH is 1. The number of nitro groups is 1. The Morgan fingerprint density at radius 1 is 1.16 bits per heavy atom. The molecular formula is C28H28N4O6. The molecule has 1 heterocycles. The van der Waals surface area contributed by atoms with E-state index in [1.807, 2.05) is 0 Å². The molecule has 1 aliphatic rings. The summed E-state index contributed by atoms with van der Waals surface area (Å²) >= 11 is 0. The van der Waals surface area contributed by atoms with E-state index in [1.165, 1.54) is 23.1 Å². The van der Waals surface area contributed by atoms with Crippen molar-refractivity contribution in [2.24, 2.45) is 5.92 Å². The Balaban J connectivity index is 1.58. The van der Waals surface area contributed by atoms with Gasteiger partial charge in [-0.25, -0.2) is 0 Å². The summed E-state index contributed by atoms with van der Waals surface area (Å²) in [5.41, 5.74) is 6.25. The quantitative estimate of drug-likeness (QED) is 0.146. The van der Waals surface area contributed by atoms with Crippen LogP contribution >= 0.6 is 0 Å². The molecule has 0 aliphatic carbocycles. The molecule has 0 spiro atoms. The smallest absolute Gasteiger partial charge is 0.269 e. The summed E-state index contributed by atoms with van der Waals surface area (Å²) in [5.74, 6) is -1.61. The molecule has 0 unspecified atom stereocenters. The summed E-state index contributed by atoms with van der Waals surface area (Å²) in [7, 11) is 0. The van der Waals surface area contributed by atoms with E-state index in [9.17, 15) is 24.8 Å². The van der Waals surface area contributed by atoms with Gasteiger partial charge in [0.25, 0.3) is 17.5 Å². The molecule has 196 valence electrons. The highest BCUT2D eigenvalue weighted by atomic mass is 16.6. The number of hydrogen-bond acceptors (Lipinski definition) is 7. The van der Waals surface area contributed by atoms with Crippen LogP contribution < -0.4 is 16.0 Å². The molecule has 2 atom stereocenters. The molecule has 38 heavy (non-hydrogen) atoms. The molecule has 0 saturated carbocycles. The average Bonchev–Trinajstić information content (AvgIpc) is 3.12. The van der Waals surface area contributed by atoms with Crippen LogP contribution in [0.5, 0.6) is 0 Å². The number of nitro benzene ring substituents is 1. The number of carbonyl (C=O) groups is 2. The van der Waals surface area contributed by atoms with Gasteiger partial charge in [0.05, 0.1) is 17.2 Å². The first-order chi connectivity index (χ1) is 18.1. The number of nitrogens with zero attached hydrogens (tertiary/aromatic N) is 2. The van der Waals surface area contributed by atoms with E-state index in [-0.39, 0.29) is 30.3 Å². The molecule has 0 fully saturated rings. The highest BCUT2D eigenvalue weighted by Crippen LogP contribution is 2.47. The van der Waals surface area contributed by atoms with Crippen LogP contribution in [0.15, 0.2) is 78.9 Å². The lowest BCUT2D eigenvalue weighted by atomic mass is 9.82. The van der Waals surface area contributed by atoms with Gasteiger partial charge in [-0.15, -0.1) is 0 Å². The van der Waals surface area contributed by atoms with Crippen LogP contribution in [0, 0.1) is 16.0 Å². The van der Waals surface area contributed by atoms with E-state index < -0.39 is 22.3 Å². The minimum atomic E-state index is -2.01. The summed E-state index contributed by atoms with van der Waals surface area (Å²) in [6.45, 7) is 1.67. The first kappa shape index (κ1) is 26.5. The molecule has 0 saturated heterocycles. The Kier molecular flexibility index (Phi) is 7.56. The van der Waals surface area contributed by atoms with Crippen LogP contribution in [0.2, 0.25) is 0 Å². The van der Waals surface area contributed by atoms with Gasteiger partial charge in [-0.2, -0.15) is 0 Å². The number of nitrogens with two attached hydrogens (primary N) is 1. The highest BCUT2D eigenvalue weighted by molar-refractivity contribution is 6.07. The third-order valence-corrected chi connectivity index (χ3v) is 6.57. The first-order valence-corrected chi connectivity index (χ1v) is 12.0. The minimum Gasteiger partial charge on any atom is -0.399 e. The predicted octanol–water partition coefficient (Wildman–Crippen LogP) is 3.74. The molecule has 0 bridgehead atoms. The second kappa shape index (κ2) is 10.8. The van der Waals surface area contributed by atoms with Crippen LogP contribution in [0.1, 0.15) is 34.8 Å². The fourth-order valence-electron chi connectivity index (χ4n) is 4.43. The summed E-state index contributed by atoms with van der Waals surface area (Å²) in [6.07, 6.45) is 3.63. The molecule has 0 radical (unpaired) electrons. The third-order valence-electron chi connectivity index (χ3n) is 6.57. The van der Waals surface area contributed by atoms with Crippen molar-refractivity contribution in [3.05, 3.63) is 106 Å². The van der Waals surface area contributed by atoms with Gasteiger partial charge < -0.3 is 26.2 Å². The second-order valence-electron chi connectivity index (χ2n) is 9.12. The zero-order valence-electron chi connectivity index (χ0n) is 20.7. The lowest BCUT2D eigenvalue weighted by molar-refractivity contribution is -0.385. The number of hydrogen-bond donors (Lipinski definition) is 4. The SMILES string of the molecule is C[C@@H](/C=C/CCO)[C@]1(O)C(=O)N(Cc2ccc(NC(=O)c3ccc(N)cc3)cc2)c2ccc([N+](=O)[O-])cc21. The number of amides is 2.